The third-order valence-corrected chi connectivity index (χ3v) is 3.52. The molecule has 1 amide bonds. The summed E-state index contributed by atoms with van der Waals surface area (Å²) in [4.78, 5) is 11.8. The van der Waals surface area contributed by atoms with Gasteiger partial charge in [0.05, 0.1) is 6.10 Å². The summed E-state index contributed by atoms with van der Waals surface area (Å²) in [5, 5.41) is 12.2. The number of rotatable bonds is 5. The monoisotopic (exact) mass is 299 g/mol. The van der Waals surface area contributed by atoms with Crippen LogP contribution in [0.25, 0.3) is 0 Å². The van der Waals surface area contributed by atoms with Crippen LogP contribution in [0.2, 0.25) is 0 Å². The molecule has 0 saturated carbocycles. The van der Waals surface area contributed by atoms with Crippen LogP contribution in [0.5, 0.6) is 0 Å². The van der Waals surface area contributed by atoms with Crippen molar-refractivity contribution in [2.75, 3.05) is 6.54 Å². The van der Waals surface area contributed by atoms with Gasteiger partial charge in [-0.2, -0.15) is 0 Å². The molecule has 2 N–H and O–H groups in total. The number of amides is 1. The van der Waals surface area contributed by atoms with Gasteiger partial charge in [-0.3, -0.25) is 4.79 Å². The third-order valence-electron chi connectivity index (χ3n) is 2.67. The van der Waals surface area contributed by atoms with Gasteiger partial charge in [-0.05, 0) is 37.5 Å². The van der Waals surface area contributed by atoms with Gasteiger partial charge in [0.15, 0.2) is 0 Å². The lowest BCUT2D eigenvalue weighted by Crippen LogP contribution is -2.27. The maximum absolute atomic E-state index is 11.8. The minimum absolute atomic E-state index is 0.103. The first-order valence-electron chi connectivity index (χ1n) is 5.77. The molecule has 1 aromatic carbocycles. The minimum atomic E-state index is -0.333. The molecule has 1 atom stereocenters. The van der Waals surface area contributed by atoms with Crippen LogP contribution in [0.1, 0.15) is 35.7 Å². The maximum atomic E-state index is 11.8. The van der Waals surface area contributed by atoms with Gasteiger partial charge in [0.2, 0.25) is 0 Å². The number of halogens is 1. The highest BCUT2D eigenvalue weighted by molar-refractivity contribution is 9.10. The predicted molar refractivity (Wildman–Crippen MR) is 72.1 cm³/mol. The zero-order valence-corrected chi connectivity index (χ0v) is 11.8. The van der Waals surface area contributed by atoms with E-state index in [1.54, 1.807) is 12.1 Å². The molecule has 0 aliphatic carbocycles. The van der Waals surface area contributed by atoms with Crippen molar-refractivity contribution in [2.45, 2.75) is 32.8 Å². The van der Waals surface area contributed by atoms with E-state index in [1.807, 2.05) is 19.9 Å². The Bertz CT molecular complexity index is 393. The smallest absolute Gasteiger partial charge is 0.251 e. The summed E-state index contributed by atoms with van der Waals surface area (Å²) in [6.45, 7) is 4.40. The quantitative estimate of drug-likeness (QED) is 0.878. The molecule has 17 heavy (non-hydrogen) atoms. The van der Waals surface area contributed by atoms with Crippen LogP contribution >= 0.6 is 15.9 Å². The first-order valence-corrected chi connectivity index (χ1v) is 6.56. The van der Waals surface area contributed by atoms with E-state index in [0.29, 0.717) is 24.9 Å². The molecule has 0 fully saturated rings. The van der Waals surface area contributed by atoms with E-state index >= 15 is 0 Å². The highest BCUT2D eigenvalue weighted by Crippen LogP contribution is 2.17. The number of hydrogen-bond acceptors (Lipinski definition) is 2. The Balaban J connectivity index is 2.50. The van der Waals surface area contributed by atoms with Crippen LogP contribution < -0.4 is 5.32 Å². The second kappa shape index (κ2) is 6.77. The molecule has 94 valence electrons. The van der Waals surface area contributed by atoms with Crippen LogP contribution in [0, 0.1) is 6.92 Å². The molecule has 4 heteroatoms. The first kappa shape index (κ1) is 14.2. The van der Waals surface area contributed by atoms with Gasteiger partial charge in [0.1, 0.15) is 0 Å². The standard InChI is InChI=1S/C13H18BrNO2/c1-3-11(16)6-7-15-13(17)10-5-4-9(2)12(14)8-10/h4-5,8,11,16H,3,6-7H2,1-2H3,(H,15,17). The van der Waals surface area contributed by atoms with Crippen molar-refractivity contribution in [1.29, 1.82) is 0 Å². The molecule has 0 saturated heterocycles. The van der Waals surface area contributed by atoms with E-state index in [0.717, 1.165) is 10.0 Å². The zero-order chi connectivity index (χ0) is 12.8. The molecule has 1 unspecified atom stereocenters. The van der Waals surface area contributed by atoms with Crippen molar-refractivity contribution in [1.82, 2.24) is 5.32 Å². The SMILES string of the molecule is CCC(O)CCNC(=O)c1ccc(C)c(Br)c1. The second-order valence-electron chi connectivity index (χ2n) is 4.07. The summed E-state index contributed by atoms with van der Waals surface area (Å²) < 4.78 is 0.929. The Kier molecular flexibility index (Phi) is 5.65. The number of hydrogen-bond donors (Lipinski definition) is 2. The van der Waals surface area contributed by atoms with E-state index in [4.69, 9.17) is 0 Å². The topological polar surface area (TPSA) is 49.3 Å². The Hall–Kier alpha value is -0.870. The molecular weight excluding hydrogens is 282 g/mol. The first-order chi connectivity index (χ1) is 8.04. The largest absolute Gasteiger partial charge is 0.393 e. The highest BCUT2D eigenvalue weighted by Gasteiger charge is 2.07. The Morgan fingerprint density at radius 3 is 2.82 bits per heavy atom. The molecule has 0 spiro atoms. The van der Waals surface area contributed by atoms with Crippen molar-refractivity contribution < 1.29 is 9.90 Å². The number of nitrogens with one attached hydrogen (secondary N) is 1. The minimum Gasteiger partial charge on any atom is -0.393 e. The van der Waals surface area contributed by atoms with Crippen LogP contribution in [0.15, 0.2) is 22.7 Å². The normalized spacial score (nSPS) is 12.2. The fourth-order valence-electron chi connectivity index (χ4n) is 1.39. The van der Waals surface area contributed by atoms with Crippen molar-refractivity contribution in [2.24, 2.45) is 0 Å². The van der Waals surface area contributed by atoms with Gasteiger partial charge in [0, 0.05) is 16.6 Å². The molecule has 1 aromatic rings. The molecule has 0 aromatic heterocycles. The number of aryl methyl sites for hydroxylation is 1. The number of benzene rings is 1. The second-order valence-corrected chi connectivity index (χ2v) is 4.92. The van der Waals surface area contributed by atoms with Crippen LogP contribution in [0.3, 0.4) is 0 Å². The molecule has 3 nitrogen and oxygen atoms in total. The molecule has 0 heterocycles. The van der Waals surface area contributed by atoms with Gasteiger partial charge < -0.3 is 10.4 Å². The summed E-state index contributed by atoms with van der Waals surface area (Å²) in [7, 11) is 0. The highest BCUT2D eigenvalue weighted by atomic mass is 79.9. The lowest BCUT2D eigenvalue weighted by molar-refractivity contribution is 0.0942. The maximum Gasteiger partial charge on any atom is 0.251 e. The number of carbonyl (C=O) groups is 1. The molecule has 0 radical (unpaired) electrons. The molecule has 0 bridgehead atoms. The summed E-state index contributed by atoms with van der Waals surface area (Å²) in [6, 6.07) is 5.51. The Labute approximate surface area is 110 Å². The molecular formula is C13H18BrNO2. The van der Waals surface area contributed by atoms with Gasteiger partial charge in [-0.1, -0.05) is 28.9 Å². The Morgan fingerprint density at radius 1 is 1.53 bits per heavy atom. The lowest BCUT2D eigenvalue weighted by atomic mass is 10.1. The molecule has 0 aliphatic rings. The third kappa shape index (κ3) is 4.48. The van der Waals surface area contributed by atoms with Gasteiger partial charge in [-0.15, -0.1) is 0 Å². The average Bonchev–Trinajstić information content (AvgIpc) is 2.32. The summed E-state index contributed by atoms with van der Waals surface area (Å²) >= 11 is 3.40. The van der Waals surface area contributed by atoms with E-state index < -0.39 is 0 Å². The van der Waals surface area contributed by atoms with Crippen LogP contribution in [-0.2, 0) is 0 Å². The zero-order valence-electron chi connectivity index (χ0n) is 10.2. The van der Waals surface area contributed by atoms with Gasteiger partial charge in [-0.25, -0.2) is 0 Å². The Morgan fingerprint density at radius 2 is 2.24 bits per heavy atom. The number of aliphatic hydroxyl groups excluding tert-OH is 1. The van der Waals surface area contributed by atoms with Crippen molar-refractivity contribution in [3.05, 3.63) is 33.8 Å². The predicted octanol–water partition coefficient (Wildman–Crippen LogP) is 2.65. The van der Waals surface area contributed by atoms with E-state index in [2.05, 4.69) is 21.2 Å². The fraction of sp³-hybridized carbons (Fsp3) is 0.462. The van der Waals surface area contributed by atoms with Crippen molar-refractivity contribution in [3.8, 4) is 0 Å². The summed E-state index contributed by atoms with van der Waals surface area (Å²) in [5.74, 6) is -0.103. The van der Waals surface area contributed by atoms with Crippen LogP contribution in [-0.4, -0.2) is 23.7 Å². The summed E-state index contributed by atoms with van der Waals surface area (Å²) in [5.41, 5.74) is 1.73. The fourth-order valence-corrected chi connectivity index (χ4v) is 1.77. The number of carbonyl (C=O) groups excluding carboxylic acids is 1. The van der Waals surface area contributed by atoms with Gasteiger partial charge in [0.25, 0.3) is 5.91 Å². The van der Waals surface area contributed by atoms with Gasteiger partial charge >= 0.3 is 0 Å². The van der Waals surface area contributed by atoms with Crippen LogP contribution in [0.4, 0.5) is 0 Å². The van der Waals surface area contributed by atoms with E-state index in [9.17, 15) is 9.90 Å². The van der Waals surface area contributed by atoms with Crippen molar-refractivity contribution >= 4 is 21.8 Å². The molecule has 1 rings (SSSR count). The van der Waals surface area contributed by atoms with Crippen molar-refractivity contribution in [3.63, 3.8) is 0 Å². The van der Waals surface area contributed by atoms with E-state index in [-0.39, 0.29) is 12.0 Å². The summed E-state index contributed by atoms with van der Waals surface area (Å²) in [6.07, 6.45) is 0.973. The lowest BCUT2D eigenvalue weighted by Gasteiger charge is -2.09. The van der Waals surface area contributed by atoms with E-state index in [1.165, 1.54) is 0 Å². The number of aliphatic hydroxyl groups is 1. The average molecular weight is 300 g/mol. The molecule has 0 aliphatic heterocycles.